The van der Waals surface area contributed by atoms with Crippen LogP contribution in [0.4, 0.5) is 0 Å². The van der Waals surface area contributed by atoms with E-state index in [4.69, 9.17) is 4.74 Å². The summed E-state index contributed by atoms with van der Waals surface area (Å²) in [6.07, 6.45) is 0. The first-order chi connectivity index (χ1) is 8.06. The summed E-state index contributed by atoms with van der Waals surface area (Å²) in [4.78, 5) is 0. The van der Waals surface area contributed by atoms with Gasteiger partial charge in [0.1, 0.15) is 11.5 Å². The lowest BCUT2D eigenvalue weighted by atomic mass is 10.2. The van der Waals surface area contributed by atoms with Crippen LogP contribution in [-0.2, 0) is 0 Å². The van der Waals surface area contributed by atoms with Gasteiger partial charge >= 0.3 is 0 Å². The molecule has 0 saturated heterocycles. The van der Waals surface area contributed by atoms with Crippen LogP contribution in [0.1, 0.15) is 11.1 Å². The quantitative estimate of drug-likeness (QED) is 0.830. The molecule has 3 heteroatoms. The molecule has 0 atom stereocenters. The standard InChI is InChI=1S/C14H14O3/c1-9-3-6-12(16)14(7-9)17-13-8-11(15)5-4-10(13)2/h3-8,15-16H,1-2H3. The molecule has 17 heavy (non-hydrogen) atoms. The van der Waals surface area contributed by atoms with Crippen molar-refractivity contribution < 1.29 is 14.9 Å². The van der Waals surface area contributed by atoms with Crippen molar-refractivity contribution in [1.29, 1.82) is 0 Å². The van der Waals surface area contributed by atoms with Crippen molar-refractivity contribution in [3.05, 3.63) is 47.5 Å². The Balaban J connectivity index is 2.37. The van der Waals surface area contributed by atoms with Crippen molar-refractivity contribution in [1.82, 2.24) is 0 Å². The van der Waals surface area contributed by atoms with Gasteiger partial charge in [0.15, 0.2) is 11.5 Å². The molecule has 0 radical (unpaired) electrons. The Bertz CT molecular complexity index is 498. The van der Waals surface area contributed by atoms with Gasteiger partial charge in [-0.15, -0.1) is 0 Å². The van der Waals surface area contributed by atoms with Gasteiger partial charge in [0.25, 0.3) is 0 Å². The fraction of sp³-hybridized carbons (Fsp3) is 0.143. The molecule has 0 saturated carbocycles. The van der Waals surface area contributed by atoms with E-state index >= 15 is 0 Å². The van der Waals surface area contributed by atoms with E-state index in [1.165, 1.54) is 6.07 Å². The molecule has 88 valence electrons. The number of hydrogen-bond donors (Lipinski definition) is 2. The minimum absolute atomic E-state index is 0.0818. The summed E-state index contributed by atoms with van der Waals surface area (Å²) in [5.74, 6) is 1.14. The molecule has 0 aliphatic heterocycles. The van der Waals surface area contributed by atoms with Crippen LogP contribution in [0, 0.1) is 13.8 Å². The molecular weight excluding hydrogens is 216 g/mol. The molecule has 2 N–H and O–H groups in total. The maximum Gasteiger partial charge on any atom is 0.169 e. The second-order valence-corrected chi connectivity index (χ2v) is 4.02. The highest BCUT2D eigenvalue weighted by atomic mass is 16.5. The van der Waals surface area contributed by atoms with Crippen LogP contribution < -0.4 is 4.74 Å². The molecule has 0 aliphatic carbocycles. The smallest absolute Gasteiger partial charge is 0.169 e. The Morgan fingerprint density at radius 1 is 0.882 bits per heavy atom. The van der Waals surface area contributed by atoms with E-state index < -0.39 is 0 Å². The highest BCUT2D eigenvalue weighted by molar-refractivity contribution is 5.47. The number of aromatic hydroxyl groups is 2. The van der Waals surface area contributed by atoms with Crippen LogP contribution in [0.25, 0.3) is 0 Å². The molecule has 2 aromatic carbocycles. The molecule has 0 bridgehead atoms. The fourth-order valence-corrected chi connectivity index (χ4v) is 1.52. The third kappa shape index (κ3) is 2.50. The van der Waals surface area contributed by atoms with Gasteiger partial charge in [-0.25, -0.2) is 0 Å². The van der Waals surface area contributed by atoms with Crippen LogP contribution in [0.15, 0.2) is 36.4 Å². The first kappa shape index (κ1) is 11.3. The zero-order chi connectivity index (χ0) is 12.4. The number of phenolic OH excluding ortho intramolecular Hbond substituents is 2. The van der Waals surface area contributed by atoms with E-state index in [-0.39, 0.29) is 11.5 Å². The van der Waals surface area contributed by atoms with Gasteiger partial charge in [0.2, 0.25) is 0 Å². The molecule has 0 amide bonds. The SMILES string of the molecule is Cc1ccc(O)c(Oc2cc(O)ccc2C)c1. The predicted molar refractivity (Wildman–Crippen MR) is 65.8 cm³/mol. The van der Waals surface area contributed by atoms with E-state index in [0.717, 1.165) is 11.1 Å². The Morgan fingerprint density at radius 2 is 1.65 bits per heavy atom. The largest absolute Gasteiger partial charge is 0.508 e. The molecule has 0 fully saturated rings. The Morgan fingerprint density at radius 3 is 2.41 bits per heavy atom. The molecule has 0 spiro atoms. The van der Waals surface area contributed by atoms with E-state index in [1.807, 2.05) is 13.8 Å². The zero-order valence-corrected chi connectivity index (χ0v) is 9.77. The maximum absolute atomic E-state index is 9.67. The minimum Gasteiger partial charge on any atom is -0.508 e. The van der Waals surface area contributed by atoms with Crippen molar-refractivity contribution in [2.24, 2.45) is 0 Å². The van der Waals surface area contributed by atoms with E-state index in [0.29, 0.717) is 11.5 Å². The number of benzene rings is 2. The van der Waals surface area contributed by atoms with Gasteiger partial charge in [-0.2, -0.15) is 0 Å². The molecular formula is C14H14O3. The van der Waals surface area contributed by atoms with Gasteiger partial charge in [0.05, 0.1) is 0 Å². The first-order valence-corrected chi connectivity index (χ1v) is 5.33. The van der Waals surface area contributed by atoms with Gasteiger partial charge in [-0.05, 0) is 43.2 Å². The average molecular weight is 230 g/mol. The summed E-state index contributed by atoms with van der Waals surface area (Å²) in [6, 6.07) is 10.0. The van der Waals surface area contributed by atoms with Gasteiger partial charge in [-0.3, -0.25) is 0 Å². The van der Waals surface area contributed by atoms with Crippen molar-refractivity contribution in [2.75, 3.05) is 0 Å². The molecule has 2 aromatic rings. The number of aryl methyl sites for hydroxylation is 2. The lowest BCUT2D eigenvalue weighted by Gasteiger charge is -2.10. The first-order valence-electron chi connectivity index (χ1n) is 5.33. The Labute approximate surface area is 99.9 Å². The third-order valence-electron chi connectivity index (χ3n) is 2.51. The monoisotopic (exact) mass is 230 g/mol. The number of rotatable bonds is 2. The van der Waals surface area contributed by atoms with E-state index in [9.17, 15) is 10.2 Å². The van der Waals surface area contributed by atoms with Crippen molar-refractivity contribution >= 4 is 0 Å². The van der Waals surface area contributed by atoms with Gasteiger partial charge < -0.3 is 14.9 Å². The van der Waals surface area contributed by atoms with Crippen molar-refractivity contribution in [3.63, 3.8) is 0 Å². The maximum atomic E-state index is 9.67. The van der Waals surface area contributed by atoms with Crippen molar-refractivity contribution in [2.45, 2.75) is 13.8 Å². The summed E-state index contributed by atoms with van der Waals surface area (Å²) >= 11 is 0. The topological polar surface area (TPSA) is 49.7 Å². The summed E-state index contributed by atoms with van der Waals surface area (Å²) < 4.78 is 5.59. The number of phenols is 2. The van der Waals surface area contributed by atoms with Crippen LogP contribution in [0.5, 0.6) is 23.0 Å². The Hall–Kier alpha value is -2.16. The fourth-order valence-electron chi connectivity index (χ4n) is 1.52. The van der Waals surface area contributed by atoms with Crippen LogP contribution >= 0.6 is 0 Å². The average Bonchev–Trinajstić information content (AvgIpc) is 2.28. The number of ether oxygens (including phenoxy) is 1. The van der Waals surface area contributed by atoms with Crippen LogP contribution in [0.2, 0.25) is 0 Å². The molecule has 2 rings (SSSR count). The lowest BCUT2D eigenvalue weighted by molar-refractivity contribution is 0.406. The lowest BCUT2D eigenvalue weighted by Crippen LogP contribution is -1.88. The summed E-state index contributed by atoms with van der Waals surface area (Å²) in [7, 11) is 0. The molecule has 0 aliphatic rings. The van der Waals surface area contributed by atoms with Crippen molar-refractivity contribution in [3.8, 4) is 23.0 Å². The van der Waals surface area contributed by atoms with Crippen LogP contribution in [-0.4, -0.2) is 10.2 Å². The molecule has 0 heterocycles. The zero-order valence-electron chi connectivity index (χ0n) is 9.77. The second-order valence-electron chi connectivity index (χ2n) is 4.02. The molecule has 3 nitrogen and oxygen atoms in total. The minimum atomic E-state index is 0.0818. The highest BCUT2D eigenvalue weighted by Gasteiger charge is 2.07. The van der Waals surface area contributed by atoms with Crippen LogP contribution in [0.3, 0.4) is 0 Å². The summed E-state index contributed by atoms with van der Waals surface area (Å²) in [5, 5.41) is 19.1. The molecule has 0 unspecified atom stereocenters. The van der Waals surface area contributed by atoms with Gasteiger partial charge in [-0.1, -0.05) is 12.1 Å². The molecule has 0 aromatic heterocycles. The van der Waals surface area contributed by atoms with E-state index in [2.05, 4.69) is 0 Å². The summed E-state index contributed by atoms with van der Waals surface area (Å²) in [5.41, 5.74) is 1.89. The Kier molecular flexibility index (Phi) is 2.91. The normalized spacial score (nSPS) is 10.2. The second kappa shape index (κ2) is 4.37. The van der Waals surface area contributed by atoms with Gasteiger partial charge in [0, 0.05) is 6.07 Å². The van der Waals surface area contributed by atoms with E-state index in [1.54, 1.807) is 30.3 Å². The number of hydrogen-bond acceptors (Lipinski definition) is 3. The third-order valence-corrected chi connectivity index (χ3v) is 2.51. The highest BCUT2D eigenvalue weighted by Crippen LogP contribution is 2.34. The predicted octanol–water partition coefficient (Wildman–Crippen LogP) is 3.51. The summed E-state index contributed by atoms with van der Waals surface area (Å²) in [6.45, 7) is 3.79.